The highest BCUT2D eigenvalue weighted by molar-refractivity contribution is 7.99. The Balaban J connectivity index is 1.56. The van der Waals surface area contributed by atoms with E-state index in [1.54, 1.807) is 4.57 Å². The lowest BCUT2D eigenvalue weighted by Gasteiger charge is -2.18. The quantitative estimate of drug-likeness (QED) is 0.293. The first-order chi connectivity index (χ1) is 14.6. The van der Waals surface area contributed by atoms with Crippen LogP contribution in [0.15, 0.2) is 76.6 Å². The van der Waals surface area contributed by atoms with Crippen LogP contribution < -0.4 is 11.4 Å². The third-order valence-corrected chi connectivity index (χ3v) is 6.83. The standard InChI is InChI=1S/C25H23N3OS/c1-16-12-14-18(15-13-16)28-22-11-5-10-21(22)24(27-25(28)29)30-23(26)20-9-4-7-17-6-2-3-8-19(17)20/h2-4,6-9,12-15,23H,5,10-11,26H2,1H3/t23-/m0/s1. The van der Waals surface area contributed by atoms with Gasteiger partial charge in [-0.2, -0.15) is 4.98 Å². The van der Waals surface area contributed by atoms with Gasteiger partial charge in [0.05, 0.1) is 11.1 Å². The molecule has 1 heterocycles. The van der Waals surface area contributed by atoms with E-state index < -0.39 is 0 Å². The lowest BCUT2D eigenvalue weighted by molar-refractivity contribution is 0.801. The van der Waals surface area contributed by atoms with Gasteiger partial charge in [0.15, 0.2) is 0 Å². The van der Waals surface area contributed by atoms with E-state index in [-0.39, 0.29) is 11.1 Å². The van der Waals surface area contributed by atoms with Crippen molar-refractivity contribution in [2.24, 2.45) is 5.73 Å². The average Bonchev–Trinajstić information content (AvgIpc) is 3.24. The Morgan fingerprint density at radius 1 is 1.00 bits per heavy atom. The summed E-state index contributed by atoms with van der Waals surface area (Å²) >= 11 is 1.49. The minimum atomic E-state index is -0.289. The molecule has 2 N–H and O–H groups in total. The molecule has 1 aromatic heterocycles. The molecule has 0 saturated carbocycles. The first-order valence-corrected chi connectivity index (χ1v) is 11.1. The zero-order valence-corrected chi connectivity index (χ0v) is 17.7. The molecule has 0 aliphatic heterocycles. The van der Waals surface area contributed by atoms with Gasteiger partial charge in [-0.05, 0) is 54.7 Å². The van der Waals surface area contributed by atoms with Crippen LogP contribution in [-0.2, 0) is 12.8 Å². The van der Waals surface area contributed by atoms with Crippen LogP contribution >= 0.6 is 11.8 Å². The Morgan fingerprint density at radius 3 is 2.60 bits per heavy atom. The van der Waals surface area contributed by atoms with Crippen LogP contribution in [0, 0.1) is 6.92 Å². The van der Waals surface area contributed by atoms with Gasteiger partial charge in [0.2, 0.25) is 0 Å². The second-order valence-electron chi connectivity index (χ2n) is 7.76. The summed E-state index contributed by atoms with van der Waals surface area (Å²) in [7, 11) is 0. The number of nitrogens with two attached hydrogens (primary N) is 1. The molecule has 0 radical (unpaired) electrons. The number of aromatic nitrogens is 2. The van der Waals surface area contributed by atoms with Crippen LogP contribution in [0.4, 0.5) is 0 Å². The van der Waals surface area contributed by atoms with Gasteiger partial charge in [-0.25, -0.2) is 4.79 Å². The minimum absolute atomic E-state index is 0.230. The molecule has 3 aromatic carbocycles. The highest BCUT2D eigenvalue weighted by Gasteiger charge is 2.24. The molecule has 0 unspecified atom stereocenters. The molecule has 4 nitrogen and oxygen atoms in total. The van der Waals surface area contributed by atoms with Gasteiger partial charge >= 0.3 is 5.69 Å². The molecule has 1 atom stereocenters. The molecule has 150 valence electrons. The number of nitrogens with zero attached hydrogens (tertiary/aromatic N) is 2. The van der Waals surface area contributed by atoms with Crippen LogP contribution in [0.5, 0.6) is 0 Å². The maximum absolute atomic E-state index is 13.0. The van der Waals surface area contributed by atoms with Crippen molar-refractivity contribution in [3.8, 4) is 5.69 Å². The van der Waals surface area contributed by atoms with Gasteiger partial charge in [0.25, 0.3) is 0 Å². The SMILES string of the molecule is Cc1ccc(-n2c3c(c(S[C@H](N)c4cccc5ccccc45)nc2=O)CCC3)cc1. The summed E-state index contributed by atoms with van der Waals surface area (Å²) in [5.74, 6) is 0. The molecular weight excluding hydrogens is 390 g/mol. The lowest BCUT2D eigenvalue weighted by Crippen LogP contribution is -2.26. The van der Waals surface area contributed by atoms with Crippen molar-refractivity contribution in [2.45, 2.75) is 36.6 Å². The van der Waals surface area contributed by atoms with Gasteiger partial charge < -0.3 is 5.73 Å². The number of thioether (sulfide) groups is 1. The molecule has 0 bridgehead atoms. The molecule has 0 fully saturated rings. The minimum Gasteiger partial charge on any atom is -0.315 e. The second kappa shape index (κ2) is 7.74. The largest absolute Gasteiger partial charge is 0.353 e. The van der Waals surface area contributed by atoms with Crippen LogP contribution in [0.1, 0.15) is 34.2 Å². The molecule has 1 aliphatic rings. The molecule has 1 aliphatic carbocycles. The molecule has 30 heavy (non-hydrogen) atoms. The first-order valence-electron chi connectivity index (χ1n) is 10.2. The van der Waals surface area contributed by atoms with E-state index in [4.69, 9.17) is 5.73 Å². The highest BCUT2D eigenvalue weighted by atomic mass is 32.2. The van der Waals surface area contributed by atoms with Crippen LogP contribution in [0.2, 0.25) is 0 Å². The number of hydrogen-bond acceptors (Lipinski definition) is 4. The third kappa shape index (κ3) is 3.34. The highest BCUT2D eigenvalue weighted by Crippen LogP contribution is 2.38. The van der Waals surface area contributed by atoms with Crippen molar-refractivity contribution < 1.29 is 0 Å². The Labute approximate surface area is 179 Å². The average molecular weight is 414 g/mol. The second-order valence-corrected chi connectivity index (χ2v) is 8.89. The Hall–Kier alpha value is -2.89. The van der Waals surface area contributed by atoms with Crippen molar-refractivity contribution in [3.05, 3.63) is 99.6 Å². The summed E-state index contributed by atoms with van der Waals surface area (Å²) in [6.45, 7) is 2.05. The van der Waals surface area contributed by atoms with Gasteiger partial charge in [-0.3, -0.25) is 4.57 Å². The van der Waals surface area contributed by atoms with E-state index in [9.17, 15) is 4.79 Å². The normalized spacial score (nSPS) is 14.1. The predicted octanol–water partition coefficient (Wildman–Crippen LogP) is 4.93. The van der Waals surface area contributed by atoms with Crippen molar-refractivity contribution in [3.63, 3.8) is 0 Å². The molecule has 5 rings (SSSR count). The third-order valence-electron chi connectivity index (χ3n) is 5.77. The molecule has 5 heteroatoms. The number of benzene rings is 3. The van der Waals surface area contributed by atoms with Crippen LogP contribution in [0.3, 0.4) is 0 Å². The Kier molecular flexibility index (Phi) is 4.93. The monoisotopic (exact) mass is 413 g/mol. The molecule has 0 amide bonds. The zero-order valence-electron chi connectivity index (χ0n) is 16.8. The summed E-state index contributed by atoms with van der Waals surface area (Å²) in [5, 5.41) is 2.79. The van der Waals surface area contributed by atoms with Gasteiger partial charge in [-0.1, -0.05) is 71.9 Å². The van der Waals surface area contributed by atoms with Crippen molar-refractivity contribution >= 4 is 22.5 Å². The maximum atomic E-state index is 13.0. The van der Waals surface area contributed by atoms with Gasteiger partial charge in [0.1, 0.15) is 5.03 Å². The van der Waals surface area contributed by atoms with E-state index in [1.807, 2.05) is 49.4 Å². The van der Waals surface area contributed by atoms with Crippen molar-refractivity contribution in [1.29, 1.82) is 0 Å². The predicted molar refractivity (Wildman–Crippen MR) is 123 cm³/mol. The van der Waals surface area contributed by atoms with Gasteiger partial charge in [-0.15, -0.1) is 0 Å². The molecule has 0 spiro atoms. The molecule has 0 saturated heterocycles. The lowest BCUT2D eigenvalue weighted by atomic mass is 10.0. The molecule has 4 aromatic rings. The fourth-order valence-corrected chi connectivity index (χ4v) is 5.33. The summed E-state index contributed by atoms with van der Waals surface area (Å²) < 4.78 is 1.77. The zero-order chi connectivity index (χ0) is 20.7. The summed E-state index contributed by atoms with van der Waals surface area (Å²) in [6.07, 6.45) is 2.85. The van der Waals surface area contributed by atoms with E-state index in [2.05, 4.69) is 29.2 Å². The number of fused-ring (bicyclic) bond motifs is 2. The van der Waals surface area contributed by atoms with E-state index in [0.717, 1.165) is 52.2 Å². The van der Waals surface area contributed by atoms with Gasteiger partial charge in [0, 0.05) is 11.3 Å². The topological polar surface area (TPSA) is 60.9 Å². The number of hydrogen-bond donors (Lipinski definition) is 1. The number of aryl methyl sites for hydroxylation is 1. The summed E-state index contributed by atoms with van der Waals surface area (Å²) in [6, 6.07) is 22.5. The summed E-state index contributed by atoms with van der Waals surface area (Å²) in [5.41, 5.74) is 11.7. The van der Waals surface area contributed by atoms with Crippen LogP contribution in [0.25, 0.3) is 16.5 Å². The van der Waals surface area contributed by atoms with Crippen molar-refractivity contribution in [2.75, 3.05) is 0 Å². The smallest absolute Gasteiger partial charge is 0.315 e. The van der Waals surface area contributed by atoms with E-state index in [0.29, 0.717) is 0 Å². The fourth-order valence-electron chi connectivity index (χ4n) is 4.26. The Morgan fingerprint density at radius 2 is 1.77 bits per heavy atom. The first kappa shape index (κ1) is 19.1. The fraction of sp³-hybridized carbons (Fsp3) is 0.200. The van der Waals surface area contributed by atoms with Crippen LogP contribution in [-0.4, -0.2) is 9.55 Å². The van der Waals surface area contributed by atoms with Crippen molar-refractivity contribution in [1.82, 2.24) is 9.55 Å². The molecular formula is C25H23N3OS. The summed E-state index contributed by atoms with van der Waals surface area (Å²) in [4.78, 5) is 17.5. The maximum Gasteiger partial charge on any atom is 0.353 e. The van der Waals surface area contributed by atoms with E-state index >= 15 is 0 Å². The Bertz CT molecular complexity index is 1290. The number of rotatable bonds is 4. The van der Waals surface area contributed by atoms with E-state index in [1.165, 1.54) is 22.7 Å².